The molecule has 0 N–H and O–H groups in total. The van der Waals surface area contributed by atoms with Crippen molar-refractivity contribution in [2.24, 2.45) is 0 Å². The first-order valence-corrected chi connectivity index (χ1v) is 5.86. The van der Waals surface area contributed by atoms with Crippen LogP contribution in [0, 0.1) is 0 Å². The van der Waals surface area contributed by atoms with Gasteiger partial charge in [-0.3, -0.25) is 0 Å². The molecule has 0 saturated carbocycles. The van der Waals surface area contributed by atoms with Gasteiger partial charge in [0.05, 0.1) is 0 Å². The lowest BCUT2D eigenvalue weighted by molar-refractivity contribution is 0.406. The minimum atomic E-state index is 1.03. The van der Waals surface area contributed by atoms with E-state index in [1.54, 1.807) is 0 Å². The zero-order valence-corrected chi connectivity index (χ0v) is 9.92. The van der Waals surface area contributed by atoms with Gasteiger partial charge in [-0.15, -0.1) is 11.3 Å². The van der Waals surface area contributed by atoms with Crippen LogP contribution < -0.4 is 0 Å². The van der Waals surface area contributed by atoms with Crippen molar-refractivity contribution in [1.82, 2.24) is 4.90 Å². The molecule has 2 rings (SSSR count). The highest BCUT2D eigenvalue weighted by atomic mass is 32.1. The molecule has 2 heteroatoms. The Morgan fingerprint density at radius 3 is 2.40 bits per heavy atom. The maximum Gasteiger partial charge on any atom is 0.0346 e. The van der Waals surface area contributed by atoms with Crippen molar-refractivity contribution in [3.63, 3.8) is 0 Å². The zero-order valence-electron chi connectivity index (χ0n) is 9.10. The van der Waals surface area contributed by atoms with Crippen molar-refractivity contribution in [2.45, 2.75) is 6.54 Å². The molecule has 1 aromatic carbocycles. The maximum absolute atomic E-state index is 2.22. The molecule has 0 saturated heterocycles. The average Bonchev–Trinajstić information content (AvgIpc) is 2.67. The number of benzene rings is 1. The molecular formula is C13H15NS. The molecule has 0 amide bonds. The first-order chi connectivity index (χ1) is 7.25. The van der Waals surface area contributed by atoms with Crippen molar-refractivity contribution in [2.75, 3.05) is 14.1 Å². The molecule has 1 aromatic heterocycles. The summed E-state index contributed by atoms with van der Waals surface area (Å²) in [6.45, 7) is 1.03. The fraction of sp³-hybridized carbons (Fsp3) is 0.231. The second kappa shape index (κ2) is 4.60. The highest BCUT2D eigenvalue weighted by molar-refractivity contribution is 7.15. The van der Waals surface area contributed by atoms with Crippen LogP contribution in [0.5, 0.6) is 0 Å². The van der Waals surface area contributed by atoms with Crippen molar-refractivity contribution in [1.29, 1.82) is 0 Å². The lowest BCUT2D eigenvalue weighted by Crippen LogP contribution is -2.09. The van der Waals surface area contributed by atoms with Gasteiger partial charge >= 0.3 is 0 Å². The molecule has 1 nitrogen and oxygen atoms in total. The minimum Gasteiger partial charge on any atom is -0.304 e. The van der Waals surface area contributed by atoms with Gasteiger partial charge in [0.15, 0.2) is 0 Å². The second-order valence-corrected chi connectivity index (χ2v) is 5.04. The summed E-state index contributed by atoms with van der Waals surface area (Å²) >= 11 is 1.87. The standard InChI is InChI=1S/C13H15NS/c1-14(2)10-12-8-9-13(15-12)11-6-4-3-5-7-11/h3-9H,10H2,1-2H3. The molecule has 0 radical (unpaired) electrons. The molecule has 0 bridgehead atoms. The quantitative estimate of drug-likeness (QED) is 0.761. The number of hydrogen-bond acceptors (Lipinski definition) is 2. The van der Waals surface area contributed by atoms with Gasteiger partial charge in [0.2, 0.25) is 0 Å². The van der Waals surface area contributed by atoms with Crippen LogP contribution in [-0.2, 0) is 6.54 Å². The molecule has 0 unspecified atom stereocenters. The van der Waals surface area contributed by atoms with Crippen molar-refractivity contribution in [3.05, 3.63) is 47.3 Å². The number of hydrogen-bond donors (Lipinski definition) is 0. The highest BCUT2D eigenvalue weighted by Gasteiger charge is 2.02. The molecule has 1 heterocycles. The van der Waals surface area contributed by atoms with Gasteiger partial charge in [-0.25, -0.2) is 0 Å². The maximum atomic E-state index is 2.22. The van der Waals surface area contributed by atoms with Gasteiger partial charge in [0.1, 0.15) is 0 Å². The summed E-state index contributed by atoms with van der Waals surface area (Å²) in [5.74, 6) is 0. The number of nitrogens with zero attached hydrogens (tertiary/aromatic N) is 1. The van der Waals surface area contributed by atoms with Crippen LogP contribution in [0.2, 0.25) is 0 Å². The molecule has 0 fully saturated rings. The molecule has 78 valence electrons. The van der Waals surface area contributed by atoms with Crippen molar-refractivity contribution < 1.29 is 0 Å². The Bertz CT molecular complexity index is 417. The Morgan fingerprint density at radius 1 is 1.00 bits per heavy atom. The van der Waals surface area contributed by atoms with E-state index in [-0.39, 0.29) is 0 Å². The van der Waals surface area contributed by atoms with E-state index in [9.17, 15) is 0 Å². The zero-order chi connectivity index (χ0) is 10.7. The second-order valence-electron chi connectivity index (χ2n) is 3.87. The largest absolute Gasteiger partial charge is 0.304 e. The van der Waals surface area contributed by atoms with Crippen LogP contribution in [-0.4, -0.2) is 19.0 Å². The summed E-state index contributed by atoms with van der Waals surface area (Å²) < 4.78 is 0. The lowest BCUT2D eigenvalue weighted by Gasteiger charge is -2.06. The van der Waals surface area contributed by atoms with Crippen molar-refractivity contribution in [3.8, 4) is 10.4 Å². The number of thiophene rings is 1. The summed E-state index contributed by atoms with van der Waals surface area (Å²) in [4.78, 5) is 4.96. The molecule has 15 heavy (non-hydrogen) atoms. The summed E-state index contributed by atoms with van der Waals surface area (Å²) in [6, 6.07) is 15.0. The lowest BCUT2D eigenvalue weighted by atomic mass is 10.2. The molecule has 0 spiro atoms. The Balaban J connectivity index is 2.21. The Hall–Kier alpha value is -1.12. The monoisotopic (exact) mass is 217 g/mol. The van der Waals surface area contributed by atoms with E-state index >= 15 is 0 Å². The van der Waals surface area contributed by atoms with Crippen LogP contribution in [0.1, 0.15) is 4.88 Å². The average molecular weight is 217 g/mol. The number of rotatable bonds is 3. The Labute approximate surface area is 95.0 Å². The fourth-order valence-electron chi connectivity index (χ4n) is 1.53. The van der Waals surface area contributed by atoms with E-state index in [2.05, 4.69) is 61.5 Å². The minimum absolute atomic E-state index is 1.03. The fourth-order valence-corrected chi connectivity index (χ4v) is 2.66. The smallest absolute Gasteiger partial charge is 0.0346 e. The van der Waals surface area contributed by atoms with E-state index < -0.39 is 0 Å². The molecule has 0 aliphatic heterocycles. The van der Waals surface area contributed by atoms with Gasteiger partial charge < -0.3 is 4.90 Å². The summed E-state index contributed by atoms with van der Waals surface area (Å²) in [5, 5.41) is 0. The molecule has 0 atom stereocenters. The third-order valence-corrected chi connectivity index (χ3v) is 3.31. The van der Waals surface area contributed by atoms with E-state index in [0.29, 0.717) is 0 Å². The predicted octanol–water partition coefficient (Wildman–Crippen LogP) is 3.48. The van der Waals surface area contributed by atoms with Gasteiger partial charge in [0.25, 0.3) is 0 Å². The third kappa shape index (κ3) is 2.67. The molecule has 0 aliphatic carbocycles. The topological polar surface area (TPSA) is 3.24 Å². The van der Waals surface area contributed by atoms with Gasteiger partial charge in [0, 0.05) is 16.3 Å². The van der Waals surface area contributed by atoms with Gasteiger partial charge in [-0.2, -0.15) is 0 Å². The Kier molecular flexibility index (Phi) is 3.19. The van der Waals surface area contributed by atoms with Gasteiger partial charge in [-0.05, 0) is 31.8 Å². The van der Waals surface area contributed by atoms with E-state index in [4.69, 9.17) is 0 Å². The van der Waals surface area contributed by atoms with E-state index in [1.165, 1.54) is 15.3 Å². The van der Waals surface area contributed by atoms with Crippen LogP contribution in [0.4, 0.5) is 0 Å². The summed E-state index contributed by atoms with van der Waals surface area (Å²) in [5.41, 5.74) is 1.31. The van der Waals surface area contributed by atoms with Crippen molar-refractivity contribution >= 4 is 11.3 Å². The molecule has 2 aromatic rings. The summed E-state index contributed by atoms with van der Waals surface area (Å²) in [7, 11) is 4.20. The van der Waals surface area contributed by atoms with Crippen LogP contribution in [0.3, 0.4) is 0 Å². The first-order valence-electron chi connectivity index (χ1n) is 5.04. The SMILES string of the molecule is CN(C)Cc1ccc(-c2ccccc2)s1. The van der Waals surface area contributed by atoms with E-state index in [0.717, 1.165) is 6.54 Å². The summed E-state index contributed by atoms with van der Waals surface area (Å²) in [6.07, 6.45) is 0. The Morgan fingerprint density at radius 2 is 1.73 bits per heavy atom. The van der Waals surface area contributed by atoms with Crippen LogP contribution >= 0.6 is 11.3 Å². The van der Waals surface area contributed by atoms with Gasteiger partial charge in [-0.1, -0.05) is 30.3 Å². The van der Waals surface area contributed by atoms with E-state index in [1.807, 2.05) is 11.3 Å². The normalized spacial score (nSPS) is 10.9. The molecular weight excluding hydrogens is 202 g/mol. The highest BCUT2D eigenvalue weighted by Crippen LogP contribution is 2.28. The van der Waals surface area contributed by atoms with Crippen LogP contribution in [0.25, 0.3) is 10.4 Å². The predicted molar refractivity (Wildman–Crippen MR) is 67.1 cm³/mol. The third-order valence-electron chi connectivity index (χ3n) is 2.19. The van der Waals surface area contributed by atoms with Crippen LogP contribution in [0.15, 0.2) is 42.5 Å². The molecule has 0 aliphatic rings. The first kappa shape index (κ1) is 10.4.